The van der Waals surface area contributed by atoms with Gasteiger partial charge in [-0.3, -0.25) is 9.59 Å². The molecule has 19 heavy (non-hydrogen) atoms. The topological polar surface area (TPSA) is 46.6 Å². The molecule has 0 unspecified atom stereocenters. The minimum atomic E-state index is -0.363. The lowest BCUT2D eigenvalue weighted by atomic mass is 9.85. The minimum Gasteiger partial charge on any atom is -0.365 e. The number of hydrogen-bond donors (Lipinski definition) is 0. The normalized spacial score (nSPS) is 35.3. The SMILES string of the molecule is O=C1[C@@H]2[C@@H](C(=O)N1c1ccc(Cl)cc1)[C@H]1C=C[C@@H]2O1. The van der Waals surface area contributed by atoms with E-state index in [1.807, 2.05) is 12.2 Å². The van der Waals surface area contributed by atoms with E-state index in [0.717, 1.165) is 0 Å². The highest BCUT2D eigenvalue weighted by Gasteiger charge is 2.60. The average molecular weight is 276 g/mol. The van der Waals surface area contributed by atoms with Crippen LogP contribution in [0.5, 0.6) is 0 Å². The Bertz CT molecular complexity index is 580. The zero-order valence-corrected chi connectivity index (χ0v) is 10.6. The number of fused-ring (bicyclic) bond motifs is 5. The van der Waals surface area contributed by atoms with Gasteiger partial charge in [0.15, 0.2) is 0 Å². The summed E-state index contributed by atoms with van der Waals surface area (Å²) in [6.07, 6.45) is 3.26. The molecule has 2 amide bonds. The van der Waals surface area contributed by atoms with Crippen LogP contribution in [-0.2, 0) is 14.3 Å². The zero-order valence-electron chi connectivity index (χ0n) is 9.82. The van der Waals surface area contributed by atoms with Crippen molar-refractivity contribution in [1.29, 1.82) is 0 Å². The van der Waals surface area contributed by atoms with E-state index in [9.17, 15) is 9.59 Å². The van der Waals surface area contributed by atoms with Crippen LogP contribution in [0.4, 0.5) is 5.69 Å². The van der Waals surface area contributed by atoms with E-state index in [2.05, 4.69) is 0 Å². The number of rotatable bonds is 1. The lowest BCUT2D eigenvalue weighted by Crippen LogP contribution is -2.34. The molecule has 3 aliphatic heterocycles. The third kappa shape index (κ3) is 1.38. The van der Waals surface area contributed by atoms with Crippen LogP contribution in [0.3, 0.4) is 0 Å². The van der Waals surface area contributed by atoms with E-state index in [1.165, 1.54) is 4.90 Å². The fourth-order valence-corrected chi connectivity index (χ4v) is 3.27. The quantitative estimate of drug-likeness (QED) is 0.580. The molecule has 4 atom stereocenters. The third-order valence-electron chi connectivity index (χ3n) is 4.00. The van der Waals surface area contributed by atoms with Crippen LogP contribution in [0.25, 0.3) is 0 Å². The molecule has 0 saturated carbocycles. The Hall–Kier alpha value is -1.65. The molecule has 0 aromatic heterocycles. The Morgan fingerprint density at radius 1 is 0.947 bits per heavy atom. The first-order valence-corrected chi connectivity index (χ1v) is 6.52. The summed E-state index contributed by atoms with van der Waals surface area (Å²) in [5, 5.41) is 0.577. The first kappa shape index (κ1) is 11.2. The second-order valence-electron chi connectivity index (χ2n) is 4.99. The number of halogens is 1. The fraction of sp³-hybridized carbons (Fsp3) is 0.286. The number of benzene rings is 1. The molecular weight excluding hydrogens is 266 g/mol. The molecule has 0 radical (unpaired) electrons. The van der Waals surface area contributed by atoms with Gasteiger partial charge in [0.2, 0.25) is 11.8 Å². The summed E-state index contributed by atoms with van der Waals surface area (Å²) < 4.78 is 5.58. The number of carbonyl (C=O) groups is 2. The third-order valence-corrected chi connectivity index (χ3v) is 4.25. The van der Waals surface area contributed by atoms with Gasteiger partial charge < -0.3 is 4.74 Å². The lowest BCUT2D eigenvalue weighted by Gasteiger charge is -2.17. The Kier molecular flexibility index (Phi) is 2.17. The highest BCUT2D eigenvalue weighted by atomic mass is 35.5. The molecule has 5 heteroatoms. The van der Waals surface area contributed by atoms with Gasteiger partial charge >= 0.3 is 0 Å². The number of nitrogens with zero attached hydrogens (tertiary/aromatic N) is 1. The molecule has 4 nitrogen and oxygen atoms in total. The first-order chi connectivity index (χ1) is 9.16. The molecule has 1 aromatic carbocycles. The number of imide groups is 1. The predicted molar refractivity (Wildman–Crippen MR) is 68.7 cm³/mol. The van der Waals surface area contributed by atoms with Crippen molar-refractivity contribution in [1.82, 2.24) is 0 Å². The molecule has 96 valence electrons. The van der Waals surface area contributed by atoms with Crippen molar-refractivity contribution in [2.75, 3.05) is 4.90 Å². The first-order valence-electron chi connectivity index (χ1n) is 6.14. The summed E-state index contributed by atoms with van der Waals surface area (Å²) in [6, 6.07) is 6.73. The van der Waals surface area contributed by atoms with Crippen molar-refractivity contribution >= 4 is 29.1 Å². The van der Waals surface area contributed by atoms with E-state index in [-0.39, 0.29) is 35.9 Å². The van der Waals surface area contributed by atoms with Crippen molar-refractivity contribution in [3.05, 3.63) is 41.4 Å². The monoisotopic (exact) mass is 275 g/mol. The summed E-state index contributed by atoms with van der Waals surface area (Å²) >= 11 is 5.82. The summed E-state index contributed by atoms with van der Waals surface area (Å²) in [5.41, 5.74) is 0.577. The Morgan fingerprint density at radius 3 is 2.00 bits per heavy atom. The Balaban J connectivity index is 1.74. The number of ether oxygens (including phenoxy) is 1. The molecule has 0 N–H and O–H groups in total. The van der Waals surface area contributed by atoms with Crippen LogP contribution in [0, 0.1) is 11.8 Å². The molecule has 2 saturated heterocycles. The molecule has 1 aromatic rings. The summed E-state index contributed by atoms with van der Waals surface area (Å²) in [4.78, 5) is 26.1. The van der Waals surface area contributed by atoms with Crippen molar-refractivity contribution in [3.8, 4) is 0 Å². The van der Waals surface area contributed by atoms with Crippen molar-refractivity contribution in [2.24, 2.45) is 11.8 Å². The van der Waals surface area contributed by atoms with Crippen LogP contribution in [0.15, 0.2) is 36.4 Å². The van der Waals surface area contributed by atoms with Crippen LogP contribution in [0.2, 0.25) is 5.02 Å². The van der Waals surface area contributed by atoms with Gasteiger partial charge in [0.1, 0.15) is 0 Å². The van der Waals surface area contributed by atoms with E-state index < -0.39 is 0 Å². The van der Waals surface area contributed by atoms with Crippen LogP contribution in [0.1, 0.15) is 0 Å². The minimum absolute atomic E-state index is 0.172. The summed E-state index contributed by atoms with van der Waals surface area (Å²) in [6.45, 7) is 0. The molecule has 0 spiro atoms. The van der Waals surface area contributed by atoms with Gasteiger partial charge in [-0.25, -0.2) is 4.90 Å². The van der Waals surface area contributed by atoms with Crippen molar-refractivity contribution in [3.63, 3.8) is 0 Å². The molecule has 0 aliphatic carbocycles. The highest BCUT2D eigenvalue weighted by molar-refractivity contribution is 6.30. The maximum Gasteiger partial charge on any atom is 0.240 e. The maximum atomic E-state index is 12.4. The highest BCUT2D eigenvalue weighted by Crippen LogP contribution is 2.46. The maximum absolute atomic E-state index is 12.4. The van der Waals surface area contributed by atoms with Crippen LogP contribution < -0.4 is 4.90 Å². The largest absolute Gasteiger partial charge is 0.365 e. The number of hydrogen-bond acceptors (Lipinski definition) is 3. The van der Waals surface area contributed by atoms with Crippen LogP contribution in [-0.4, -0.2) is 24.0 Å². The van der Waals surface area contributed by atoms with E-state index in [0.29, 0.717) is 10.7 Å². The van der Waals surface area contributed by atoms with Gasteiger partial charge in [-0.15, -0.1) is 0 Å². The van der Waals surface area contributed by atoms with Gasteiger partial charge in [-0.2, -0.15) is 0 Å². The fourth-order valence-electron chi connectivity index (χ4n) is 3.15. The predicted octanol–water partition coefficient (Wildman–Crippen LogP) is 1.78. The molecule has 3 aliphatic rings. The summed E-state index contributed by atoms with van der Waals surface area (Å²) in [7, 11) is 0. The number of anilines is 1. The number of amides is 2. The summed E-state index contributed by atoms with van der Waals surface area (Å²) in [5.74, 6) is -1.07. The molecule has 4 rings (SSSR count). The molecule has 2 fully saturated rings. The second kappa shape index (κ2) is 3.68. The van der Waals surface area contributed by atoms with Gasteiger partial charge in [-0.1, -0.05) is 23.8 Å². The van der Waals surface area contributed by atoms with E-state index in [1.54, 1.807) is 24.3 Å². The standard InChI is InChI=1S/C14H10ClNO3/c15-7-1-3-8(4-2-7)16-13(17)11-9-5-6-10(19-9)12(11)14(16)18/h1-6,9-12H/t9-,10+,11-,12-/m0/s1. The molecule has 3 heterocycles. The van der Waals surface area contributed by atoms with Gasteiger partial charge in [0.25, 0.3) is 0 Å². The van der Waals surface area contributed by atoms with Gasteiger partial charge in [0.05, 0.1) is 29.7 Å². The van der Waals surface area contributed by atoms with E-state index in [4.69, 9.17) is 16.3 Å². The molecule has 2 bridgehead atoms. The van der Waals surface area contributed by atoms with Crippen molar-refractivity contribution < 1.29 is 14.3 Å². The van der Waals surface area contributed by atoms with Crippen LogP contribution >= 0.6 is 11.6 Å². The van der Waals surface area contributed by atoms with Gasteiger partial charge in [0, 0.05) is 5.02 Å². The smallest absolute Gasteiger partial charge is 0.240 e. The Morgan fingerprint density at radius 2 is 1.47 bits per heavy atom. The average Bonchev–Trinajstić information content (AvgIpc) is 3.06. The molecular formula is C14H10ClNO3. The second-order valence-corrected chi connectivity index (χ2v) is 5.43. The van der Waals surface area contributed by atoms with Crippen molar-refractivity contribution in [2.45, 2.75) is 12.2 Å². The van der Waals surface area contributed by atoms with Gasteiger partial charge in [-0.05, 0) is 24.3 Å². The van der Waals surface area contributed by atoms with E-state index >= 15 is 0 Å². The zero-order chi connectivity index (χ0) is 13.1. The number of carbonyl (C=O) groups excluding carboxylic acids is 2. The Labute approximate surface area is 114 Å². The lowest BCUT2D eigenvalue weighted by molar-refractivity contribution is -0.124.